The summed E-state index contributed by atoms with van der Waals surface area (Å²) >= 11 is 0. The number of carboxylic acid groups (broad SMARTS) is 1. The Morgan fingerprint density at radius 3 is 2.35 bits per heavy atom. The fourth-order valence-electron chi connectivity index (χ4n) is 5.80. The largest absolute Gasteiger partial charge is 0.467 e. The van der Waals surface area contributed by atoms with Gasteiger partial charge in [0.1, 0.15) is 12.1 Å². The number of hydrogen-bond acceptors (Lipinski definition) is 8. The van der Waals surface area contributed by atoms with Crippen LogP contribution in [0.25, 0.3) is 5.69 Å². The van der Waals surface area contributed by atoms with Gasteiger partial charge in [-0.15, -0.1) is 0 Å². The van der Waals surface area contributed by atoms with Crippen molar-refractivity contribution in [3.8, 4) is 11.6 Å². The van der Waals surface area contributed by atoms with Gasteiger partial charge in [0.25, 0.3) is 11.8 Å². The second-order valence-corrected chi connectivity index (χ2v) is 11.7. The maximum atomic E-state index is 13.5. The van der Waals surface area contributed by atoms with E-state index in [1.807, 2.05) is 6.07 Å². The van der Waals surface area contributed by atoms with Crippen LogP contribution in [0.15, 0.2) is 36.4 Å². The predicted octanol–water partition coefficient (Wildman–Crippen LogP) is 0.868. The standard InChI is InChI=1S/C31H41N7O8/c1-45-18-12-23(30(42)35-14-16-36(17-15-35)31(43)44)33-28(40)24-19-27(38(34-24)22-9-3-2-4-10-22)46-20-26(39)37-13-6-11-25(37)29(41)32-21-7-5-8-21/h2-4,9-10,19,21,23,25H,5-8,11-18,20H2,1H3,(H,32,41)(H,33,40)(H,43,44)/t23-,25-/m0/s1. The molecule has 1 saturated carbocycles. The zero-order chi connectivity index (χ0) is 32.6. The van der Waals surface area contributed by atoms with Crippen LogP contribution in [0.3, 0.4) is 0 Å². The molecule has 1 aromatic carbocycles. The van der Waals surface area contributed by atoms with Crippen LogP contribution in [0.1, 0.15) is 49.0 Å². The molecule has 2 atom stereocenters. The van der Waals surface area contributed by atoms with E-state index in [9.17, 15) is 29.1 Å². The number of hydrogen-bond donors (Lipinski definition) is 3. The van der Waals surface area contributed by atoms with Crippen molar-refractivity contribution in [1.82, 2.24) is 35.1 Å². The highest BCUT2D eigenvalue weighted by molar-refractivity contribution is 5.96. The number of carbonyl (C=O) groups is 5. The quantitative estimate of drug-likeness (QED) is 0.304. The van der Waals surface area contributed by atoms with Gasteiger partial charge in [0, 0.05) is 58.5 Å². The van der Waals surface area contributed by atoms with Crippen molar-refractivity contribution in [2.45, 2.75) is 56.7 Å². The van der Waals surface area contributed by atoms with Gasteiger partial charge >= 0.3 is 6.09 Å². The summed E-state index contributed by atoms with van der Waals surface area (Å²) in [5.41, 5.74) is 0.558. The molecular weight excluding hydrogens is 598 g/mol. The predicted molar refractivity (Wildman–Crippen MR) is 164 cm³/mol. The van der Waals surface area contributed by atoms with Crippen LogP contribution in [-0.2, 0) is 19.1 Å². The number of nitrogens with one attached hydrogen (secondary N) is 2. The Kier molecular flexibility index (Phi) is 10.7. The number of methoxy groups -OCH3 is 1. The lowest BCUT2D eigenvalue weighted by Crippen LogP contribution is -2.56. The van der Waals surface area contributed by atoms with Crippen LogP contribution < -0.4 is 15.4 Å². The molecule has 2 saturated heterocycles. The van der Waals surface area contributed by atoms with Crippen LogP contribution in [0.4, 0.5) is 4.79 Å². The summed E-state index contributed by atoms with van der Waals surface area (Å²) in [6.07, 6.45) is 3.48. The van der Waals surface area contributed by atoms with Crippen molar-refractivity contribution in [3.05, 3.63) is 42.1 Å². The molecule has 3 heterocycles. The molecule has 2 aliphatic heterocycles. The van der Waals surface area contributed by atoms with Crippen LogP contribution >= 0.6 is 0 Å². The first-order valence-electron chi connectivity index (χ1n) is 15.7. The first kappa shape index (κ1) is 32.7. The lowest BCUT2D eigenvalue weighted by Gasteiger charge is -2.35. The van der Waals surface area contributed by atoms with Gasteiger partial charge in [-0.05, 0) is 50.7 Å². The van der Waals surface area contributed by atoms with E-state index in [0.29, 0.717) is 18.7 Å². The molecule has 0 bridgehead atoms. The van der Waals surface area contributed by atoms with Crippen molar-refractivity contribution >= 4 is 29.7 Å². The van der Waals surface area contributed by atoms with E-state index in [1.165, 1.54) is 27.7 Å². The maximum absolute atomic E-state index is 13.5. The van der Waals surface area contributed by atoms with Gasteiger partial charge in [-0.2, -0.15) is 5.10 Å². The lowest BCUT2D eigenvalue weighted by molar-refractivity contribution is -0.140. The molecule has 0 radical (unpaired) electrons. The fourth-order valence-corrected chi connectivity index (χ4v) is 5.80. The van der Waals surface area contributed by atoms with E-state index >= 15 is 0 Å². The molecule has 15 nitrogen and oxygen atoms in total. The van der Waals surface area contributed by atoms with Crippen molar-refractivity contribution in [2.24, 2.45) is 0 Å². The highest BCUT2D eigenvalue weighted by Gasteiger charge is 2.36. The molecule has 1 aromatic heterocycles. The van der Waals surface area contributed by atoms with Gasteiger partial charge in [-0.1, -0.05) is 18.2 Å². The van der Waals surface area contributed by atoms with E-state index in [0.717, 1.165) is 25.7 Å². The second kappa shape index (κ2) is 15.1. The monoisotopic (exact) mass is 639 g/mol. The van der Waals surface area contributed by atoms with Crippen LogP contribution in [-0.4, -0.2) is 130 Å². The minimum Gasteiger partial charge on any atom is -0.467 e. The fraction of sp³-hybridized carbons (Fsp3) is 0.548. The van der Waals surface area contributed by atoms with E-state index in [-0.39, 0.29) is 81.2 Å². The number of nitrogens with zero attached hydrogens (tertiary/aromatic N) is 5. The molecule has 15 heteroatoms. The molecular formula is C31H41N7O8. The molecule has 0 unspecified atom stereocenters. The number of carbonyl (C=O) groups excluding carboxylic acids is 4. The molecule has 2 aromatic rings. The number of para-hydroxylation sites is 1. The number of benzene rings is 1. The first-order chi connectivity index (χ1) is 22.2. The molecule has 3 fully saturated rings. The topological polar surface area (TPSA) is 176 Å². The van der Waals surface area contributed by atoms with Gasteiger partial charge < -0.3 is 39.9 Å². The number of amides is 5. The summed E-state index contributed by atoms with van der Waals surface area (Å²) < 4.78 is 12.5. The van der Waals surface area contributed by atoms with Crippen LogP contribution in [0.2, 0.25) is 0 Å². The summed E-state index contributed by atoms with van der Waals surface area (Å²) in [6.45, 7) is 1.07. The second-order valence-electron chi connectivity index (χ2n) is 11.7. The van der Waals surface area contributed by atoms with Gasteiger partial charge in [0.15, 0.2) is 12.3 Å². The zero-order valence-corrected chi connectivity index (χ0v) is 25.9. The van der Waals surface area contributed by atoms with Crippen molar-refractivity contribution < 1.29 is 38.6 Å². The summed E-state index contributed by atoms with van der Waals surface area (Å²) in [5.74, 6) is -1.31. The maximum Gasteiger partial charge on any atom is 0.407 e. The Bertz CT molecular complexity index is 1400. The normalized spacial score (nSPS) is 18.9. The Labute approximate surface area is 266 Å². The van der Waals surface area contributed by atoms with E-state index < -0.39 is 24.1 Å². The van der Waals surface area contributed by atoms with Crippen LogP contribution in [0.5, 0.6) is 5.88 Å². The van der Waals surface area contributed by atoms with Crippen molar-refractivity contribution in [2.75, 3.05) is 53.0 Å². The van der Waals surface area contributed by atoms with Crippen LogP contribution in [0, 0.1) is 0 Å². The zero-order valence-electron chi connectivity index (χ0n) is 25.9. The van der Waals surface area contributed by atoms with Crippen molar-refractivity contribution in [1.29, 1.82) is 0 Å². The average Bonchev–Trinajstić information content (AvgIpc) is 3.72. The number of ether oxygens (including phenoxy) is 2. The SMILES string of the molecule is COCC[C@H](NC(=O)c1cc(OCC(=O)N2CCC[C@H]2C(=O)NC2CCC2)n(-c2ccccc2)n1)C(=O)N1CCN(C(=O)O)CC1. The number of likely N-dealkylation sites (tertiary alicyclic amines) is 1. The molecule has 3 N–H and O–H groups in total. The van der Waals surface area contributed by atoms with Gasteiger partial charge in [-0.3, -0.25) is 19.2 Å². The molecule has 5 amide bonds. The van der Waals surface area contributed by atoms with E-state index in [2.05, 4.69) is 15.7 Å². The molecule has 5 rings (SSSR count). The molecule has 3 aliphatic rings. The Hall–Kier alpha value is -4.66. The Balaban J connectivity index is 1.27. The van der Waals surface area contributed by atoms with Crippen molar-refractivity contribution in [3.63, 3.8) is 0 Å². The van der Waals surface area contributed by atoms with E-state index in [4.69, 9.17) is 9.47 Å². The lowest BCUT2D eigenvalue weighted by atomic mass is 9.93. The number of aromatic nitrogens is 2. The van der Waals surface area contributed by atoms with Gasteiger partial charge in [0.2, 0.25) is 17.7 Å². The smallest absolute Gasteiger partial charge is 0.407 e. The Morgan fingerprint density at radius 1 is 0.978 bits per heavy atom. The summed E-state index contributed by atoms with van der Waals surface area (Å²) in [4.78, 5) is 68.5. The van der Waals surface area contributed by atoms with Gasteiger partial charge in [-0.25, -0.2) is 9.48 Å². The van der Waals surface area contributed by atoms with E-state index in [1.54, 1.807) is 29.2 Å². The highest BCUT2D eigenvalue weighted by Crippen LogP contribution is 2.24. The minimum absolute atomic E-state index is 0.0314. The number of rotatable bonds is 12. The average molecular weight is 640 g/mol. The summed E-state index contributed by atoms with van der Waals surface area (Å²) in [5, 5.41) is 19.5. The third-order valence-electron chi connectivity index (χ3n) is 8.66. The Morgan fingerprint density at radius 2 is 1.70 bits per heavy atom. The molecule has 0 spiro atoms. The molecule has 46 heavy (non-hydrogen) atoms. The highest BCUT2D eigenvalue weighted by atomic mass is 16.5. The third kappa shape index (κ3) is 7.76. The molecule has 248 valence electrons. The summed E-state index contributed by atoms with van der Waals surface area (Å²) in [6, 6.07) is 9.07. The molecule has 1 aliphatic carbocycles. The first-order valence-corrected chi connectivity index (χ1v) is 15.7. The summed E-state index contributed by atoms with van der Waals surface area (Å²) in [7, 11) is 1.49. The third-order valence-corrected chi connectivity index (χ3v) is 8.66. The number of piperazine rings is 1. The van der Waals surface area contributed by atoms with Gasteiger partial charge in [0.05, 0.1) is 5.69 Å². The minimum atomic E-state index is -1.04.